The van der Waals surface area contributed by atoms with Crippen LogP contribution in [-0.4, -0.2) is 31.7 Å². The van der Waals surface area contributed by atoms with Crippen LogP contribution in [0.3, 0.4) is 0 Å². The standard InChI is InChI=1S/C12H12N8O3/c1-8-11(20(21)23-16-8)7-22-10-4-2-9(3-5-10)6-14-19-12(13)15-17-18-19/h2-6H,7H2,1H3,(H2,13,15,18). The summed E-state index contributed by atoms with van der Waals surface area (Å²) in [6.07, 6.45) is 1.55. The molecule has 118 valence electrons. The summed E-state index contributed by atoms with van der Waals surface area (Å²) in [6, 6.07) is 7.04. The van der Waals surface area contributed by atoms with Crippen molar-refractivity contribution in [3.8, 4) is 5.75 Å². The lowest BCUT2D eigenvalue weighted by molar-refractivity contribution is -0.808. The molecule has 0 spiro atoms. The second kappa shape index (κ2) is 6.09. The molecule has 11 heteroatoms. The number of benzene rings is 1. The van der Waals surface area contributed by atoms with E-state index in [0.717, 1.165) is 10.4 Å². The van der Waals surface area contributed by atoms with Gasteiger partial charge >= 0.3 is 0 Å². The highest BCUT2D eigenvalue weighted by Gasteiger charge is 2.14. The van der Waals surface area contributed by atoms with Gasteiger partial charge in [0.05, 0.1) is 6.21 Å². The molecule has 2 N–H and O–H groups in total. The van der Waals surface area contributed by atoms with E-state index in [9.17, 15) is 5.21 Å². The van der Waals surface area contributed by atoms with Crippen molar-refractivity contribution in [2.24, 2.45) is 5.10 Å². The summed E-state index contributed by atoms with van der Waals surface area (Å²) in [4.78, 5) is 1.43. The Morgan fingerprint density at radius 2 is 2.22 bits per heavy atom. The fraction of sp³-hybridized carbons (Fsp3) is 0.167. The highest BCUT2D eigenvalue weighted by atomic mass is 16.8. The Bertz CT molecular complexity index is 804. The lowest BCUT2D eigenvalue weighted by Gasteiger charge is -2.04. The van der Waals surface area contributed by atoms with Gasteiger partial charge in [-0.25, -0.2) is 0 Å². The molecule has 0 aliphatic heterocycles. The molecule has 11 nitrogen and oxygen atoms in total. The van der Waals surface area contributed by atoms with Gasteiger partial charge in [-0.2, -0.15) is 5.10 Å². The van der Waals surface area contributed by atoms with Gasteiger partial charge in [0.2, 0.25) is 11.4 Å². The number of nitrogens with two attached hydrogens (primary N) is 1. The summed E-state index contributed by atoms with van der Waals surface area (Å²) in [5, 5.41) is 29.3. The van der Waals surface area contributed by atoms with E-state index in [0.29, 0.717) is 22.0 Å². The Morgan fingerprint density at radius 3 is 2.83 bits per heavy atom. The number of hydrogen-bond donors (Lipinski definition) is 1. The Balaban J connectivity index is 1.63. The Labute approximate surface area is 129 Å². The topological polar surface area (TPSA) is 144 Å². The summed E-state index contributed by atoms with van der Waals surface area (Å²) < 4.78 is 9.98. The van der Waals surface area contributed by atoms with Crippen LogP contribution in [0, 0.1) is 12.1 Å². The molecule has 3 aromatic rings. The van der Waals surface area contributed by atoms with Crippen molar-refractivity contribution >= 4 is 12.2 Å². The minimum Gasteiger partial charge on any atom is -0.485 e. The Kier molecular flexibility index (Phi) is 3.82. The number of anilines is 1. The van der Waals surface area contributed by atoms with Crippen molar-refractivity contribution in [3.05, 3.63) is 46.4 Å². The average molecular weight is 316 g/mol. The third-order valence-corrected chi connectivity index (χ3v) is 2.94. The number of nitrogen functional groups attached to an aromatic ring is 1. The van der Waals surface area contributed by atoms with Gasteiger partial charge in [0.1, 0.15) is 5.75 Å². The number of hydrogen-bond acceptors (Lipinski definition) is 9. The van der Waals surface area contributed by atoms with E-state index in [1.54, 1.807) is 37.4 Å². The van der Waals surface area contributed by atoms with Crippen LogP contribution in [0.25, 0.3) is 0 Å². The average Bonchev–Trinajstić information content (AvgIpc) is 3.10. The van der Waals surface area contributed by atoms with E-state index >= 15 is 0 Å². The van der Waals surface area contributed by atoms with Gasteiger partial charge in [-0.15, -0.1) is 0 Å². The van der Waals surface area contributed by atoms with Gasteiger partial charge in [0, 0.05) is 12.1 Å². The van der Waals surface area contributed by atoms with Crippen LogP contribution >= 0.6 is 0 Å². The summed E-state index contributed by atoms with van der Waals surface area (Å²) >= 11 is 0. The molecule has 0 fully saturated rings. The molecule has 2 aromatic heterocycles. The maximum atomic E-state index is 11.3. The second-order valence-electron chi connectivity index (χ2n) is 4.49. The number of ether oxygens (including phenoxy) is 1. The quantitative estimate of drug-likeness (QED) is 0.496. The van der Waals surface area contributed by atoms with Crippen LogP contribution in [0.4, 0.5) is 5.95 Å². The Hall–Kier alpha value is -3.50. The summed E-state index contributed by atoms with van der Waals surface area (Å²) in [5.41, 5.74) is 7.10. The monoisotopic (exact) mass is 316 g/mol. The zero-order valence-corrected chi connectivity index (χ0v) is 12.0. The first-order valence-electron chi connectivity index (χ1n) is 6.50. The zero-order chi connectivity index (χ0) is 16.2. The van der Waals surface area contributed by atoms with Crippen molar-refractivity contribution in [1.82, 2.24) is 25.5 Å². The molecule has 0 unspecified atom stereocenters. The zero-order valence-electron chi connectivity index (χ0n) is 12.0. The highest BCUT2D eigenvalue weighted by Crippen LogP contribution is 2.13. The number of aryl methyl sites for hydroxylation is 1. The van der Waals surface area contributed by atoms with E-state index in [1.165, 1.54) is 0 Å². The molecule has 2 heterocycles. The summed E-state index contributed by atoms with van der Waals surface area (Å²) in [5.74, 6) is 0.681. The molecule has 0 amide bonds. The maximum Gasteiger partial charge on any atom is 0.263 e. The normalized spacial score (nSPS) is 11.2. The van der Waals surface area contributed by atoms with E-state index < -0.39 is 0 Å². The van der Waals surface area contributed by atoms with Crippen LogP contribution in [0.15, 0.2) is 34.0 Å². The summed E-state index contributed by atoms with van der Waals surface area (Å²) in [6.45, 7) is 1.73. The number of rotatable bonds is 5. The third kappa shape index (κ3) is 3.23. The van der Waals surface area contributed by atoms with E-state index in [1.807, 2.05) is 0 Å². The largest absolute Gasteiger partial charge is 0.485 e. The van der Waals surface area contributed by atoms with Gasteiger partial charge in [0.15, 0.2) is 6.61 Å². The first-order chi connectivity index (χ1) is 11.1. The van der Waals surface area contributed by atoms with Crippen LogP contribution in [0.1, 0.15) is 17.0 Å². The van der Waals surface area contributed by atoms with E-state index in [2.05, 4.69) is 30.4 Å². The molecule has 0 atom stereocenters. The first-order valence-corrected chi connectivity index (χ1v) is 6.50. The molecular formula is C12H12N8O3. The molecule has 3 rings (SSSR count). The fourth-order valence-corrected chi connectivity index (χ4v) is 1.68. The Morgan fingerprint density at radius 1 is 1.43 bits per heavy atom. The van der Waals surface area contributed by atoms with Crippen molar-refractivity contribution in [3.63, 3.8) is 0 Å². The minimum atomic E-state index is 0.0629. The number of aromatic nitrogens is 6. The van der Waals surface area contributed by atoms with Gasteiger partial charge in [0.25, 0.3) is 5.95 Å². The van der Waals surface area contributed by atoms with Crippen LogP contribution in [-0.2, 0) is 6.61 Å². The molecule has 0 aliphatic rings. The van der Waals surface area contributed by atoms with Crippen molar-refractivity contribution in [2.45, 2.75) is 13.5 Å². The lowest BCUT2D eigenvalue weighted by atomic mass is 10.2. The van der Waals surface area contributed by atoms with Crippen LogP contribution in [0.2, 0.25) is 0 Å². The number of tetrazole rings is 1. The minimum absolute atomic E-state index is 0.0629. The highest BCUT2D eigenvalue weighted by molar-refractivity contribution is 5.79. The van der Waals surface area contributed by atoms with Crippen LogP contribution in [0.5, 0.6) is 5.75 Å². The fourth-order valence-electron chi connectivity index (χ4n) is 1.68. The molecule has 23 heavy (non-hydrogen) atoms. The molecule has 0 saturated heterocycles. The second-order valence-corrected chi connectivity index (χ2v) is 4.49. The molecule has 0 bridgehead atoms. The SMILES string of the molecule is Cc1no[n+]([O-])c1COc1ccc(C=Nn2nnnc2N)cc1. The molecular weight excluding hydrogens is 304 g/mol. The van der Waals surface area contributed by atoms with Crippen molar-refractivity contribution in [2.75, 3.05) is 5.73 Å². The first kappa shape index (κ1) is 14.4. The lowest BCUT2D eigenvalue weighted by Crippen LogP contribution is -2.29. The molecule has 0 saturated carbocycles. The number of nitrogens with zero attached hydrogens (tertiary/aromatic N) is 7. The predicted molar refractivity (Wildman–Crippen MR) is 76.2 cm³/mol. The molecule has 0 aliphatic carbocycles. The molecule has 1 aromatic carbocycles. The van der Waals surface area contributed by atoms with Gasteiger partial charge in [-0.3, -0.25) is 4.63 Å². The smallest absolute Gasteiger partial charge is 0.263 e. The van der Waals surface area contributed by atoms with Crippen molar-refractivity contribution in [1.29, 1.82) is 0 Å². The van der Waals surface area contributed by atoms with Gasteiger partial charge in [-0.1, -0.05) is 9.89 Å². The van der Waals surface area contributed by atoms with Crippen molar-refractivity contribution < 1.29 is 14.3 Å². The predicted octanol–water partition coefficient (Wildman–Crippen LogP) is -0.354. The van der Waals surface area contributed by atoms with Gasteiger partial charge in [-0.05, 0) is 45.2 Å². The molecule has 0 radical (unpaired) electrons. The summed E-state index contributed by atoms with van der Waals surface area (Å²) in [7, 11) is 0. The maximum absolute atomic E-state index is 11.3. The third-order valence-electron chi connectivity index (χ3n) is 2.94. The van der Waals surface area contributed by atoms with E-state index in [-0.39, 0.29) is 12.6 Å². The van der Waals surface area contributed by atoms with E-state index in [4.69, 9.17) is 10.5 Å². The van der Waals surface area contributed by atoms with Crippen LogP contribution < -0.4 is 15.4 Å². The van der Waals surface area contributed by atoms with Gasteiger partial charge < -0.3 is 15.7 Å².